The van der Waals surface area contributed by atoms with Gasteiger partial charge in [0, 0.05) is 6.54 Å². The largest absolute Gasteiger partial charge is 0.507 e. The summed E-state index contributed by atoms with van der Waals surface area (Å²) in [6, 6.07) is 3.50. The summed E-state index contributed by atoms with van der Waals surface area (Å²) in [7, 11) is 0. The van der Waals surface area contributed by atoms with Gasteiger partial charge in [-0.05, 0) is 42.7 Å². The summed E-state index contributed by atoms with van der Waals surface area (Å²) >= 11 is 0. The van der Waals surface area contributed by atoms with Crippen molar-refractivity contribution in [1.82, 2.24) is 0 Å². The van der Waals surface area contributed by atoms with Gasteiger partial charge in [-0.25, -0.2) is 0 Å². The van der Waals surface area contributed by atoms with Gasteiger partial charge in [0.25, 0.3) is 0 Å². The lowest BCUT2D eigenvalue weighted by atomic mass is 10.0. The van der Waals surface area contributed by atoms with Crippen molar-refractivity contribution in [3.63, 3.8) is 0 Å². The van der Waals surface area contributed by atoms with E-state index in [2.05, 4.69) is 0 Å². The molecule has 0 fully saturated rings. The molecule has 3 nitrogen and oxygen atoms in total. The minimum absolute atomic E-state index is 0.198. The second-order valence-electron chi connectivity index (χ2n) is 3.25. The summed E-state index contributed by atoms with van der Waals surface area (Å²) in [4.78, 5) is 0. The Kier molecular flexibility index (Phi) is 2.90. The van der Waals surface area contributed by atoms with Crippen molar-refractivity contribution < 1.29 is 10.2 Å². The molecule has 1 rings (SSSR count). The fraction of sp³-hybridized carbons (Fsp3) is 0.400. The molecule has 72 valence electrons. The van der Waals surface area contributed by atoms with E-state index < -0.39 is 6.10 Å². The second-order valence-corrected chi connectivity index (χ2v) is 3.25. The zero-order chi connectivity index (χ0) is 10.0. The molecule has 4 N–H and O–H groups in total. The average molecular weight is 181 g/mol. The number of nitrogens with two attached hydrogens (primary N) is 1. The Morgan fingerprint density at radius 3 is 2.15 bits per heavy atom. The van der Waals surface area contributed by atoms with E-state index in [0.29, 0.717) is 0 Å². The molecule has 1 atom stereocenters. The van der Waals surface area contributed by atoms with Gasteiger partial charge in [-0.1, -0.05) is 0 Å². The Hall–Kier alpha value is -1.06. The van der Waals surface area contributed by atoms with Crippen molar-refractivity contribution in [2.75, 3.05) is 6.54 Å². The first kappa shape index (κ1) is 10.0. The normalized spacial score (nSPS) is 12.9. The fourth-order valence-corrected chi connectivity index (χ4v) is 1.32. The van der Waals surface area contributed by atoms with Gasteiger partial charge in [0.05, 0.1) is 6.10 Å². The van der Waals surface area contributed by atoms with Gasteiger partial charge in [-0.15, -0.1) is 0 Å². The Morgan fingerprint density at radius 1 is 1.31 bits per heavy atom. The molecule has 0 heterocycles. The monoisotopic (exact) mass is 181 g/mol. The molecular weight excluding hydrogens is 166 g/mol. The van der Waals surface area contributed by atoms with Crippen molar-refractivity contribution in [3.05, 3.63) is 28.8 Å². The van der Waals surface area contributed by atoms with Gasteiger partial charge >= 0.3 is 0 Å². The zero-order valence-corrected chi connectivity index (χ0v) is 7.91. The molecule has 0 aliphatic carbocycles. The third-order valence-corrected chi connectivity index (χ3v) is 2.12. The highest BCUT2D eigenvalue weighted by atomic mass is 16.3. The van der Waals surface area contributed by atoms with Crippen LogP contribution >= 0.6 is 0 Å². The van der Waals surface area contributed by atoms with Crippen molar-refractivity contribution in [1.29, 1.82) is 0 Å². The van der Waals surface area contributed by atoms with Crippen LogP contribution in [0.1, 0.15) is 22.8 Å². The van der Waals surface area contributed by atoms with E-state index in [1.165, 1.54) is 0 Å². The number of benzene rings is 1. The minimum Gasteiger partial charge on any atom is -0.507 e. The first-order valence-corrected chi connectivity index (χ1v) is 4.24. The summed E-state index contributed by atoms with van der Waals surface area (Å²) in [6.07, 6.45) is -0.641. The van der Waals surface area contributed by atoms with Crippen LogP contribution < -0.4 is 5.73 Å². The van der Waals surface area contributed by atoms with Crippen LogP contribution in [0.4, 0.5) is 0 Å². The molecule has 1 aromatic carbocycles. The number of phenolic OH excluding ortho intramolecular Hbond substituents is 1. The van der Waals surface area contributed by atoms with E-state index in [9.17, 15) is 10.2 Å². The highest BCUT2D eigenvalue weighted by molar-refractivity contribution is 5.42. The third-order valence-electron chi connectivity index (χ3n) is 2.12. The lowest BCUT2D eigenvalue weighted by Gasteiger charge is -2.11. The molecule has 3 heteroatoms. The Balaban J connectivity index is 3.13. The number of phenols is 1. The predicted octanol–water partition coefficient (Wildman–Crippen LogP) is 1.00. The minimum atomic E-state index is -0.641. The smallest absolute Gasteiger partial charge is 0.121 e. The van der Waals surface area contributed by atoms with Gasteiger partial charge in [0.15, 0.2) is 0 Å². The molecule has 0 bridgehead atoms. The van der Waals surface area contributed by atoms with Gasteiger partial charge in [-0.3, -0.25) is 0 Å². The molecule has 0 aromatic heterocycles. The van der Waals surface area contributed by atoms with Crippen LogP contribution in [0.5, 0.6) is 5.75 Å². The SMILES string of the molecule is Cc1cc(C(O)CN)cc(C)c1O. The number of aliphatic hydroxyl groups excluding tert-OH is 1. The number of aromatic hydroxyl groups is 1. The van der Waals surface area contributed by atoms with Gasteiger partial charge < -0.3 is 15.9 Å². The van der Waals surface area contributed by atoms with E-state index in [1.54, 1.807) is 26.0 Å². The van der Waals surface area contributed by atoms with Crippen LogP contribution in [0.3, 0.4) is 0 Å². The van der Waals surface area contributed by atoms with Crippen LogP contribution in [0.25, 0.3) is 0 Å². The summed E-state index contributed by atoms with van der Waals surface area (Å²) in [6.45, 7) is 3.80. The molecule has 1 aromatic rings. The first-order chi connectivity index (χ1) is 6.06. The van der Waals surface area contributed by atoms with Crippen LogP contribution in [-0.2, 0) is 0 Å². The standard InChI is InChI=1S/C10H15NO2/c1-6-3-8(9(12)5-11)4-7(2)10(6)13/h3-4,9,12-13H,5,11H2,1-2H3. The van der Waals surface area contributed by atoms with E-state index in [0.717, 1.165) is 16.7 Å². The molecule has 0 saturated carbocycles. The van der Waals surface area contributed by atoms with Crippen LogP contribution in [-0.4, -0.2) is 16.8 Å². The fourth-order valence-electron chi connectivity index (χ4n) is 1.32. The Labute approximate surface area is 77.8 Å². The summed E-state index contributed by atoms with van der Waals surface area (Å²) in [5.41, 5.74) is 7.62. The number of rotatable bonds is 2. The Bertz CT molecular complexity index is 287. The maximum absolute atomic E-state index is 9.47. The van der Waals surface area contributed by atoms with Gasteiger partial charge in [-0.2, -0.15) is 0 Å². The maximum Gasteiger partial charge on any atom is 0.121 e. The average Bonchev–Trinajstić information content (AvgIpc) is 2.12. The zero-order valence-electron chi connectivity index (χ0n) is 7.91. The predicted molar refractivity (Wildman–Crippen MR) is 51.6 cm³/mol. The van der Waals surface area contributed by atoms with Crippen LogP contribution in [0.2, 0.25) is 0 Å². The number of aryl methyl sites for hydroxylation is 2. The van der Waals surface area contributed by atoms with Crippen LogP contribution in [0.15, 0.2) is 12.1 Å². The molecular formula is C10H15NO2. The number of aliphatic hydroxyl groups is 1. The van der Waals surface area contributed by atoms with Crippen molar-refractivity contribution >= 4 is 0 Å². The quantitative estimate of drug-likeness (QED) is 0.637. The Morgan fingerprint density at radius 2 is 1.77 bits per heavy atom. The van der Waals surface area contributed by atoms with Gasteiger partial charge in [0.1, 0.15) is 5.75 Å². The second kappa shape index (κ2) is 3.77. The lowest BCUT2D eigenvalue weighted by molar-refractivity contribution is 0.186. The molecule has 1 unspecified atom stereocenters. The number of hydrogen-bond donors (Lipinski definition) is 3. The lowest BCUT2D eigenvalue weighted by Crippen LogP contribution is -2.11. The molecule has 0 spiro atoms. The summed E-state index contributed by atoms with van der Waals surface area (Å²) < 4.78 is 0. The highest BCUT2D eigenvalue weighted by Crippen LogP contribution is 2.25. The van der Waals surface area contributed by atoms with E-state index >= 15 is 0 Å². The molecule has 0 aliphatic heterocycles. The van der Waals surface area contributed by atoms with Crippen molar-refractivity contribution in [2.45, 2.75) is 20.0 Å². The van der Waals surface area contributed by atoms with E-state index in [-0.39, 0.29) is 12.3 Å². The van der Waals surface area contributed by atoms with Crippen molar-refractivity contribution in [3.8, 4) is 5.75 Å². The first-order valence-electron chi connectivity index (χ1n) is 4.24. The van der Waals surface area contributed by atoms with E-state index in [4.69, 9.17) is 5.73 Å². The summed E-state index contributed by atoms with van der Waals surface area (Å²) in [5, 5.41) is 18.9. The van der Waals surface area contributed by atoms with E-state index in [1.807, 2.05) is 0 Å². The summed E-state index contributed by atoms with van der Waals surface area (Å²) in [5.74, 6) is 0.285. The molecule has 0 aliphatic rings. The topological polar surface area (TPSA) is 66.5 Å². The maximum atomic E-state index is 9.47. The highest BCUT2D eigenvalue weighted by Gasteiger charge is 2.09. The van der Waals surface area contributed by atoms with Crippen LogP contribution in [0, 0.1) is 13.8 Å². The molecule has 0 radical (unpaired) electrons. The number of hydrogen-bond acceptors (Lipinski definition) is 3. The molecule has 0 amide bonds. The van der Waals surface area contributed by atoms with Crippen molar-refractivity contribution in [2.24, 2.45) is 5.73 Å². The van der Waals surface area contributed by atoms with Gasteiger partial charge in [0.2, 0.25) is 0 Å². The third kappa shape index (κ3) is 1.99. The molecule has 0 saturated heterocycles. The molecule has 13 heavy (non-hydrogen) atoms.